The van der Waals surface area contributed by atoms with Crippen LogP contribution in [0.15, 0.2) is 60.9 Å². The van der Waals surface area contributed by atoms with E-state index >= 15 is 0 Å². The van der Waals surface area contributed by atoms with Crippen molar-refractivity contribution in [2.45, 2.75) is 39.5 Å². The Kier molecular flexibility index (Phi) is 8.78. The van der Waals surface area contributed by atoms with E-state index in [1.165, 1.54) is 12.3 Å². The number of carbonyl (C=O) groups excluding carboxylic acids is 2. The predicted octanol–water partition coefficient (Wildman–Crippen LogP) is 4.85. The molecule has 0 radical (unpaired) electrons. The Morgan fingerprint density at radius 2 is 1.68 bits per heavy atom. The summed E-state index contributed by atoms with van der Waals surface area (Å²) >= 11 is 0. The maximum absolute atomic E-state index is 13.2. The minimum absolute atomic E-state index is 0. The molecular weight excluding hydrogens is 519 g/mol. The zero-order valence-corrected chi connectivity index (χ0v) is 21.4. The van der Waals surface area contributed by atoms with Crippen LogP contribution in [0.25, 0.3) is 11.1 Å². The zero-order valence-electron chi connectivity index (χ0n) is 21.4. The molecule has 1 saturated carbocycles. The Labute approximate surface area is 232 Å². The lowest BCUT2D eigenvalue weighted by Gasteiger charge is -2.36. The van der Waals surface area contributed by atoms with Gasteiger partial charge < -0.3 is 20.9 Å². The van der Waals surface area contributed by atoms with Gasteiger partial charge in [-0.25, -0.2) is 0 Å². The minimum atomic E-state index is -4.44. The second-order valence-electron chi connectivity index (χ2n) is 9.97. The highest BCUT2D eigenvalue weighted by Crippen LogP contribution is 2.34. The summed E-state index contributed by atoms with van der Waals surface area (Å²) in [6.07, 6.45) is 0.778. The SMILES string of the molecule is C.NCc1ccc(C(F)(F)F)cc1-c1ccc(CNC(=O)c2cncc(N3CCN(C(=O)C4CC4)CC3)c2)cc1. The molecule has 10 heteroatoms. The second kappa shape index (κ2) is 12.1. The van der Waals surface area contributed by atoms with Gasteiger partial charge in [0, 0.05) is 51.4 Å². The predicted molar refractivity (Wildman–Crippen MR) is 148 cm³/mol. The fourth-order valence-electron chi connectivity index (χ4n) is 4.78. The number of halogens is 3. The van der Waals surface area contributed by atoms with Crippen LogP contribution in [-0.2, 0) is 24.1 Å². The molecule has 2 amide bonds. The topological polar surface area (TPSA) is 91.6 Å². The lowest BCUT2D eigenvalue weighted by molar-refractivity contribution is -0.137. The molecule has 2 fully saturated rings. The van der Waals surface area contributed by atoms with Crippen LogP contribution in [0.2, 0.25) is 0 Å². The van der Waals surface area contributed by atoms with E-state index < -0.39 is 11.7 Å². The lowest BCUT2D eigenvalue weighted by atomic mass is 9.96. The summed E-state index contributed by atoms with van der Waals surface area (Å²) in [7, 11) is 0. The van der Waals surface area contributed by atoms with E-state index in [1.807, 2.05) is 4.90 Å². The number of hydrogen-bond acceptors (Lipinski definition) is 5. The summed E-state index contributed by atoms with van der Waals surface area (Å²) < 4.78 is 39.6. The number of hydrogen-bond donors (Lipinski definition) is 2. The van der Waals surface area contributed by atoms with E-state index in [9.17, 15) is 22.8 Å². The molecule has 2 aromatic carbocycles. The van der Waals surface area contributed by atoms with Crippen LogP contribution in [0.5, 0.6) is 0 Å². The Morgan fingerprint density at radius 3 is 2.30 bits per heavy atom. The monoisotopic (exact) mass is 553 g/mol. The molecular formula is C30H34F3N5O2. The standard InChI is InChI=1S/C29H30F3N5O2.CH4/c30-29(31,32)24-8-7-22(15-33)26(14-24)20-3-1-19(2-4-20)16-35-27(38)23-13-25(18-34-17-23)36-9-11-37(12-10-36)28(39)21-5-6-21;/h1-4,7-8,13-14,17-18,21H,5-6,9-12,15-16,33H2,(H,35,38);1H4. The van der Waals surface area contributed by atoms with Crippen molar-refractivity contribution in [1.29, 1.82) is 0 Å². The molecule has 1 aromatic heterocycles. The van der Waals surface area contributed by atoms with Crippen molar-refractivity contribution in [1.82, 2.24) is 15.2 Å². The first-order valence-electron chi connectivity index (χ1n) is 13.0. The van der Waals surface area contributed by atoms with Crippen molar-refractivity contribution in [2.24, 2.45) is 11.7 Å². The molecule has 5 rings (SSSR count). The van der Waals surface area contributed by atoms with E-state index in [2.05, 4.69) is 15.2 Å². The lowest BCUT2D eigenvalue weighted by Crippen LogP contribution is -2.49. The summed E-state index contributed by atoms with van der Waals surface area (Å²) in [6.45, 7) is 3.07. The molecule has 212 valence electrons. The maximum Gasteiger partial charge on any atom is 0.416 e. The second-order valence-corrected chi connectivity index (χ2v) is 9.97. The Bertz CT molecular complexity index is 1350. The van der Waals surface area contributed by atoms with E-state index in [-0.39, 0.29) is 38.2 Å². The fourth-order valence-corrected chi connectivity index (χ4v) is 4.78. The van der Waals surface area contributed by atoms with Gasteiger partial charge >= 0.3 is 6.18 Å². The molecule has 40 heavy (non-hydrogen) atoms. The number of pyridine rings is 1. The summed E-state index contributed by atoms with van der Waals surface area (Å²) in [4.78, 5) is 33.4. The minimum Gasteiger partial charge on any atom is -0.367 e. The molecule has 1 saturated heterocycles. The number of aromatic nitrogens is 1. The average Bonchev–Trinajstić information content (AvgIpc) is 3.81. The van der Waals surface area contributed by atoms with E-state index in [0.29, 0.717) is 48.4 Å². The van der Waals surface area contributed by atoms with Gasteiger partial charge in [-0.15, -0.1) is 0 Å². The fraction of sp³-hybridized carbons (Fsp3) is 0.367. The smallest absolute Gasteiger partial charge is 0.367 e. The van der Waals surface area contributed by atoms with Crippen LogP contribution < -0.4 is 16.0 Å². The number of carbonyl (C=O) groups is 2. The molecule has 1 aliphatic carbocycles. The number of nitrogens with one attached hydrogen (secondary N) is 1. The van der Waals surface area contributed by atoms with Crippen molar-refractivity contribution in [3.8, 4) is 11.1 Å². The summed E-state index contributed by atoms with van der Waals surface area (Å²) in [5.41, 5.74) is 8.76. The third-order valence-electron chi connectivity index (χ3n) is 7.24. The van der Waals surface area contributed by atoms with Gasteiger partial charge in [-0.1, -0.05) is 37.8 Å². The third kappa shape index (κ3) is 6.62. The van der Waals surface area contributed by atoms with E-state index in [4.69, 9.17) is 5.73 Å². The van der Waals surface area contributed by atoms with Crippen molar-refractivity contribution in [2.75, 3.05) is 31.1 Å². The summed E-state index contributed by atoms with van der Waals surface area (Å²) in [5, 5.41) is 2.88. The molecule has 1 aliphatic heterocycles. The number of alkyl halides is 3. The number of nitrogens with zero attached hydrogens (tertiary/aromatic N) is 3. The van der Waals surface area contributed by atoms with Gasteiger partial charge in [0.2, 0.25) is 5.91 Å². The highest BCUT2D eigenvalue weighted by atomic mass is 19.4. The summed E-state index contributed by atoms with van der Waals surface area (Å²) in [5.74, 6) is 0.188. The Balaban J connectivity index is 0.00000370. The molecule has 2 heterocycles. The van der Waals surface area contributed by atoms with Gasteiger partial charge in [-0.2, -0.15) is 13.2 Å². The van der Waals surface area contributed by atoms with Crippen LogP contribution in [0.4, 0.5) is 18.9 Å². The quantitative estimate of drug-likeness (QED) is 0.437. The molecule has 0 bridgehead atoms. The van der Waals surface area contributed by atoms with Crippen molar-refractivity contribution >= 4 is 17.5 Å². The van der Waals surface area contributed by atoms with Gasteiger partial charge in [-0.3, -0.25) is 14.6 Å². The van der Waals surface area contributed by atoms with Crippen LogP contribution >= 0.6 is 0 Å². The van der Waals surface area contributed by atoms with Gasteiger partial charge in [0.25, 0.3) is 5.91 Å². The first kappa shape index (κ1) is 29.1. The average molecular weight is 554 g/mol. The molecule has 0 atom stereocenters. The van der Waals surface area contributed by atoms with Crippen LogP contribution in [0, 0.1) is 5.92 Å². The number of rotatable bonds is 7. The first-order chi connectivity index (χ1) is 18.7. The van der Waals surface area contributed by atoms with Crippen LogP contribution in [-0.4, -0.2) is 47.9 Å². The van der Waals surface area contributed by atoms with E-state index in [0.717, 1.165) is 36.2 Å². The Hall–Kier alpha value is -3.92. The number of piperazine rings is 1. The van der Waals surface area contributed by atoms with Gasteiger partial charge in [0.15, 0.2) is 0 Å². The highest BCUT2D eigenvalue weighted by Gasteiger charge is 2.34. The van der Waals surface area contributed by atoms with Gasteiger partial charge in [0.05, 0.1) is 23.0 Å². The Morgan fingerprint density at radius 1 is 0.975 bits per heavy atom. The maximum atomic E-state index is 13.2. The number of nitrogens with two attached hydrogens (primary N) is 1. The number of benzene rings is 2. The zero-order chi connectivity index (χ0) is 27.6. The largest absolute Gasteiger partial charge is 0.416 e. The van der Waals surface area contributed by atoms with Crippen LogP contribution in [0.1, 0.15) is 47.3 Å². The molecule has 0 spiro atoms. The van der Waals surface area contributed by atoms with Crippen LogP contribution in [0.3, 0.4) is 0 Å². The molecule has 2 aliphatic rings. The van der Waals surface area contributed by atoms with Crippen molar-refractivity contribution in [3.63, 3.8) is 0 Å². The molecule has 7 nitrogen and oxygen atoms in total. The van der Waals surface area contributed by atoms with Crippen molar-refractivity contribution in [3.05, 3.63) is 83.2 Å². The van der Waals surface area contributed by atoms with E-state index in [1.54, 1.807) is 36.5 Å². The number of amides is 2. The van der Waals surface area contributed by atoms with Crippen molar-refractivity contribution < 1.29 is 22.8 Å². The van der Waals surface area contributed by atoms with Gasteiger partial charge in [0.1, 0.15) is 0 Å². The number of anilines is 1. The molecule has 0 unspecified atom stereocenters. The first-order valence-corrected chi connectivity index (χ1v) is 13.0. The van der Waals surface area contributed by atoms with Gasteiger partial charge in [-0.05, 0) is 53.3 Å². The summed E-state index contributed by atoms with van der Waals surface area (Å²) in [6, 6.07) is 12.4. The molecule has 3 N–H and O–H groups in total. The molecule has 3 aromatic rings. The highest BCUT2D eigenvalue weighted by molar-refractivity contribution is 5.94. The normalized spacial score (nSPS) is 15.4. The third-order valence-corrected chi connectivity index (χ3v) is 7.24.